The molecular formula is C13H20N2O2. The Labute approximate surface area is 102 Å². The van der Waals surface area contributed by atoms with Crippen LogP contribution in [-0.2, 0) is 11.3 Å². The Kier molecular flexibility index (Phi) is 3.50. The van der Waals surface area contributed by atoms with E-state index >= 15 is 0 Å². The lowest BCUT2D eigenvalue weighted by Crippen LogP contribution is -2.19. The van der Waals surface area contributed by atoms with Crippen LogP contribution in [0.15, 0.2) is 0 Å². The van der Waals surface area contributed by atoms with Crippen LogP contribution in [0.5, 0.6) is 0 Å². The van der Waals surface area contributed by atoms with Crippen molar-refractivity contribution in [1.82, 2.24) is 9.55 Å². The largest absolute Gasteiger partial charge is 0.458 e. The number of hydrogen-bond acceptors (Lipinski definition) is 3. The van der Waals surface area contributed by atoms with Gasteiger partial charge in [-0.05, 0) is 46.5 Å². The first-order valence-electron chi connectivity index (χ1n) is 6.38. The number of aryl methyl sites for hydroxylation is 2. The van der Waals surface area contributed by atoms with Gasteiger partial charge in [-0.3, -0.25) is 0 Å². The molecule has 4 heteroatoms. The first kappa shape index (κ1) is 12.1. The van der Waals surface area contributed by atoms with Gasteiger partial charge >= 0.3 is 5.97 Å². The van der Waals surface area contributed by atoms with Crippen molar-refractivity contribution >= 4 is 5.97 Å². The van der Waals surface area contributed by atoms with Gasteiger partial charge in [-0.2, -0.15) is 0 Å². The van der Waals surface area contributed by atoms with E-state index in [1.807, 2.05) is 25.3 Å². The number of nitrogens with zero attached hydrogens (tertiary/aromatic N) is 2. The summed E-state index contributed by atoms with van der Waals surface area (Å²) in [5, 5.41) is 0. The highest BCUT2D eigenvalue weighted by Gasteiger charge is 2.24. The van der Waals surface area contributed by atoms with E-state index in [-0.39, 0.29) is 12.1 Å². The smallest absolute Gasteiger partial charge is 0.357 e. The molecule has 0 aromatic carbocycles. The zero-order chi connectivity index (χ0) is 12.4. The molecule has 0 amide bonds. The van der Waals surface area contributed by atoms with E-state index in [1.54, 1.807) is 0 Å². The molecule has 1 aliphatic carbocycles. The molecule has 2 rings (SSSR count). The van der Waals surface area contributed by atoms with Gasteiger partial charge in [-0.15, -0.1) is 0 Å². The minimum absolute atomic E-state index is 0.113. The summed E-state index contributed by atoms with van der Waals surface area (Å²) in [6.07, 6.45) is 4.46. The lowest BCUT2D eigenvalue weighted by atomic mass is 10.3. The fraction of sp³-hybridized carbons (Fsp3) is 0.692. The highest BCUT2D eigenvalue weighted by Crippen LogP contribution is 2.23. The summed E-state index contributed by atoms with van der Waals surface area (Å²) in [6, 6.07) is 0. The minimum Gasteiger partial charge on any atom is -0.458 e. The summed E-state index contributed by atoms with van der Waals surface area (Å²) in [4.78, 5) is 16.5. The second-order valence-electron chi connectivity index (χ2n) is 4.65. The number of aromatic nitrogens is 2. The highest BCUT2D eigenvalue weighted by molar-refractivity contribution is 5.89. The van der Waals surface area contributed by atoms with Crippen molar-refractivity contribution in [2.24, 2.45) is 0 Å². The molecule has 0 unspecified atom stereocenters. The van der Waals surface area contributed by atoms with E-state index in [0.717, 1.165) is 30.9 Å². The molecule has 0 bridgehead atoms. The van der Waals surface area contributed by atoms with Crippen LogP contribution >= 0.6 is 0 Å². The van der Waals surface area contributed by atoms with Gasteiger partial charge in [0.15, 0.2) is 0 Å². The van der Waals surface area contributed by atoms with Crippen LogP contribution in [0.1, 0.15) is 54.6 Å². The molecule has 0 radical (unpaired) electrons. The highest BCUT2D eigenvalue weighted by atomic mass is 16.5. The van der Waals surface area contributed by atoms with Crippen LogP contribution in [0, 0.1) is 13.8 Å². The molecule has 1 fully saturated rings. The Morgan fingerprint density at radius 1 is 1.41 bits per heavy atom. The molecule has 1 heterocycles. The van der Waals surface area contributed by atoms with E-state index in [4.69, 9.17) is 4.74 Å². The van der Waals surface area contributed by atoms with Crippen molar-refractivity contribution in [1.29, 1.82) is 0 Å². The van der Waals surface area contributed by atoms with Crippen molar-refractivity contribution in [3.05, 3.63) is 17.2 Å². The van der Waals surface area contributed by atoms with Gasteiger partial charge in [0, 0.05) is 6.54 Å². The average Bonchev–Trinajstić information content (AvgIpc) is 2.85. The summed E-state index contributed by atoms with van der Waals surface area (Å²) >= 11 is 0. The van der Waals surface area contributed by atoms with Crippen LogP contribution in [0.25, 0.3) is 0 Å². The second kappa shape index (κ2) is 4.90. The monoisotopic (exact) mass is 236 g/mol. The number of imidazole rings is 1. The molecule has 4 nitrogen and oxygen atoms in total. The summed E-state index contributed by atoms with van der Waals surface area (Å²) in [6.45, 7) is 6.55. The predicted molar refractivity (Wildman–Crippen MR) is 65.0 cm³/mol. The molecule has 0 N–H and O–H groups in total. The summed E-state index contributed by atoms with van der Waals surface area (Å²) in [5.41, 5.74) is 1.39. The molecule has 0 saturated heterocycles. The Morgan fingerprint density at radius 2 is 2.06 bits per heavy atom. The standard InChI is InChI=1S/C13H20N2O2/c1-4-15-10(3)14-9(2)12(15)13(16)17-11-7-5-6-8-11/h11H,4-8H2,1-3H3. The molecule has 17 heavy (non-hydrogen) atoms. The van der Waals surface area contributed by atoms with Gasteiger partial charge < -0.3 is 9.30 Å². The van der Waals surface area contributed by atoms with Crippen LogP contribution in [0.4, 0.5) is 0 Å². The maximum Gasteiger partial charge on any atom is 0.357 e. The van der Waals surface area contributed by atoms with Crippen molar-refractivity contribution < 1.29 is 9.53 Å². The van der Waals surface area contributed by atoms with Gasteiger partial charge in [0.2, 0.25) is 0 Å². The maximum atomic E-state index is 12.1. The van der Waals surface area contributed by atoms with E-state index in [1.165, 1.54) is 12.8 Å². The Bertz CT molecular complexity index is 417. The van der Waals surface area contributed by atoms with Crippen LogP contribution in [0.3, 0.4) is 0 Å². The molecule has 1 saturated carbocycles. The first-order valence-corrected chi connectivity index (χ1v) is 6.38. The normalized spacial score (nSPS) is 16.4. The lowest BCUT2D eigenvalue weighted by molar-refractivity contribution is 0.0304. The zero-order valence-electron chi connectivity index (χ0n) is 10.8. The molecule has 1 aromatic rings. The Morgan fingerprint density at radius 3 is 2.65 bits per heavy atom. The molecule has 1 aliphatic rings. The van der Waals surface area contributed by atoms with E-state index in [2.05, 4.69) is 4.98 Å². The summed E-state index contributed by atoms with van der Waals surface area (Å²) in [5.74, 6) is 0.667. The summed E-state index contributed by atoms with van der Waals surface area (Å²) in [7, 11) is 0. The van der Waals surface area contributed by atoms with Gasteiger partial charge in [0.25, 0.3) is 0 Å². The van der Waals surface area contributed by atoms with E-state index in [9.17, 15) is 4.79 Å². The van der Waals surface area contributed by atoms with Crippen molar-refractivity contribution in [2.75, 3.05) is 0 Å². The second-order valence-corrected chi connectivity index (χ2v) is 4.65. The third kappa shape index (κ3) is 2.35. The zero-order valence-corrected chi connectivity index (χ0v) is 10.8. The minimum atomic E-state index is -0.211. The van der Waals surface area contributed by atoms with Crippen LogP contribution in [0.2, 0.25) is 0 Å². The fourth-order valence-electron chi connectivity index (χ4n) is 2.57. The number of hydrogen-bond donors (Lipinski definition) is 0. The van der Waals surface area contributed by atoms with E-state index < -0.39 is 0 Å². The van der Waals surface area contributed by atoms with Gasteiger partial charge in [-0.25, -0.2) is 9.78 Å². The molecule has 94 valence electrons. The maximum absolute atomic E-state index is 12.1. The van der Waals surface area contributed by atoms with Crippen molar-refractivity contribution in [2.45, 2.75) is 59.1 Å². The van der Waals surface area contributed by atoms with Crippen LogP contribution in [-0.4, -0.2) is 21.6 Å². The summed E-state index contributed by atoms with van der Waals surface area (Å²) < 4.78 is 7.46. The fourth-order valence-corrected chi connectivity index (χ4v) is 2.57. The third-order valence-electron chi connectivity index (χ3n) is 3.42. The quantitative estimate of drug-likeness (QED) is 0.758. The van der Waals surface area contributed by atoms with Gasteiger partial charge in [-0.1, -0.05) is 0 Å². The average molecular weight is 236 g/mol. The van der Waals surface area contributed by atoms with Crippen molar-refractivity contribution in [3.8, 4) is 0 Å². The number of ether oxygens (including phenoxy) is 1. The predicted octanol–water partition coefficient (Wildman–Crippen LogP) is 2.62. The van der Waals surface area contributed by atoms with Gasteiger partial charge in [0.05, 0.1) is 5.69 Å². The molecular weight excluding hydrogens is 216 g/mol. The Balaban J connectivity index is 2.17. The van der Waals surface area contributed by atoms with Crippen LogP contribution < -0.4 is 0 Å². The number of carbonyl (C=O) groups is 1. The number of carbonyl (C=O) groups excluding carboxylic acids is 1. The van der Waals surface area contributed by atoms with Crippen molar-refractivity contribution in [3.63, 3.8) is 0 Å². The molecule has 0 atom stereocenters. The first-order chi connectivity index (χ1) is 8.13. The number of rotatable bonds is 3. The third-order valence-corrected chi connectivity index (χ3v) is 3.42. The lowest BCUT2D eigenvalue weighted by Gasteiger charge is -2.13. The topological polar surface area (TPSA) is 44.1 Å². The van der Waals surface area contributed by atoms with E-state index in [0.29, 0.717) is 5.69 Å². The number of esters is 1. The van der Waals surface area contributed by atoms with Gasteiger partial charge in [0.1, 0.15) is 17.6 Å². The molecule has 0 aliphatic heterocycles. The SMILES string of the molecule is CCn1c(C)nc(C)c1C(=O)OC1CCCC1. The molecule has 1 aromatic heterocycles. The Hall–Kier alpha value is -1.32. The molecule has 0 spiro atoms.